The molecule has 4 heteroatoms. The van der Waals surface area contributed by atoms with E-state index in [-0.39, 0.29) is 17.7 Å². The number of esters is 1. The third-order valence-corrected chi connectivity index (χ3v) is 2.58. The lowest BCUT2D eigenvalue weighted by Crippen LogP contribution is -2.06. The smallest absolute Gasteiger partial charge is 0.305 e. The number of carbonyl (C=O) groups is 2. The highest BCUT2D eigenvalue weighted by Crippen LogP contribution is 2.09. The second-order valence-corrected chi connectivity index (χ2v) is 4.34. The van der Waals surface area contributed by atoms with Crippen molar-refractivity contribution in [2.45, 2.75) is 33.2 Å². The topological polar surface area (TPSA) is 48.3 Å². The number of ketones is 1. The molecule has 1 heterocycles. The number of hydrogen-bond acceptors (Lipinski definition) is 3. The van der Waals surface area contributed by atoms with E-state index in [1.165, 1.54) is 7.11 Å². The van der Waals surface area contributed by atoms with E-state index in [1.807, 2.05) is 36.9 Å². The molecule has 0 atom stereocenters. The lowest BCUT2D eigenvalue weighted by atomic mass is 10.0. The van der Waals surface area contributed by atoms with Crippen molar-refractivity contribution < 1.29 is 14.3 Å². The van der Waals surface area contributed by atoms with Crippen molar-refractivity contribution >= 4 is 11.8 Å². The van der Waals surface area contributed by atoms with Crippen LogP contribution >= 0.6 is 0 Å². The van der Waals surface area contributed by atoms with Gasteiger partial charge in [-0.15, -0.1) is 0 Å². The summed E-state index contributed by atoms with van der Waals surface area (Å²) in [5, 5.41) is 0. The van der Waals surface area contributed by atoms with Crippen LogP contribution < -0.4 is 0 Å². The molecule has 0 amide bonds. The van der Waals surface area contributed by atoms with Crippen LogP contribution in [0.2, 0.25) is 0 Å². The molecule has 0 aromatic carbocycles. The molecular weight excluding hydrogens is 218 g/mol. The first-order chi connectivity index (χ1) is 8.04. The van der Waals surface area contributed by atoms with Gasteiger partial charge in [0.15, 0.2) is 5.78 Å². The van der Waals surface area contributed by atoms with Crippen molar-refractivity contribution in [3.8, 4) is 0 Å². The summed E-state index contributed by atoms with van der Waals surface area (Å²) in [5.41, 5.74) is 0.734. The summed E-state index contributed by atoms with van der Waals surface area (Å²) in [7, 11) is 1.39. The fourth-order valence-electron chi connectivity index (χ4n) is 1.57. The van der Waals surface area contributed by atoms with Gasteiger partial charge < -0.3 is 9.30 Å². The number of methoxy groups -OCH3 is 1. The molecule has 0 unspecified atom stereocenters. The highest BCUT2D eigenvalue weighted by atomic mass is 16.5. The first-order valence-electron chi connectivity index (χ1n) is 5.81. The van der Waals surface area contributed by atoms with Gasteiger partial charge in [0.2, 0.25) is 0 Å². The van der Waals surface area contributed by atoms with Crippen LogP contribution in [0.4, 0.5) is 0 Å². The van der Waals surface area contributed by atoms with E-state index in [4.69, 9.17) is 0 Å². The second-order valence-electron chi connectivity index (χ2n) is 4.34. The van der Waals surface area contributed by atoms with Gasteiger partial charge in [-0.25, -0.2) is 0 Å². The third-order valence-electron chi connectivity index (χ3n) is 2.58. The molecule has 0 bridgehead atoms. The van der Waals surface area contributed by atoms with Crippen molar-refractivity contribution in [3.63, 3.8) is 0 Å². The SMILES string of the molecule is COC(=O)CCCn1ccc(C(=O)C(C)C)c1. The zero-order valence-corrected chi connectivity index (χ0v) is 10.6. The molecule has 1 rings (SSSR count). The summed E-state index contributed by atoms with van der Waals surface area (Å²) < 4.78 is 6.49. The summed E-state index contributed by atoms with van der Waals surface area (Å²) in [6.07, 6.45) is 4.82. The van der Waals surface area contributed by atoms with Gasteiger partial charge in [0, 0.05) is 36.8 Å². The lowest BCUT2D eigenvalue weighted by molar-refractivity contribution is -0.140. The number of nitrogens with zero attached hydrogens (tertiary/aromatic N) is 1. The van der Waals surface area contributed by atoms with Gasteiger partial charge >= 0.3 is 5.97 Å². The standard InChI is InChI=1S/C13H19NO3/c1-10(2)13(16)11-6-8-14(9-11)7-4-5-12(15)17-3/h6,8-10H,4-5,7H2,1-3H3. The normalized spacial score (nSPS) is 10.6. The summed E-state index contributed by atoms with van der Waals surface area (Å²) in [4.78, 5) is 22.6. The van der Waals surface area contributed by atoms with Gasteiger partial charge in [0.05, 0.1) is 7.11 Å². The maximum Gasteiger partial charge on any atom is 0.305 e. The molecule has 0 aliphatic carbocycles. The fraction of sp³-hybridized carbons (Fsp3) is 0.538. The van der Waals surface area contributed by atoms with Crippen molar-refractivity contribution in [1.29, 1.82) is 0 Å². The summed E-state index contributed by atoms with van der Waals surface area (Å²) in [6, 6.07) is 1.82. The molecule has 4 nitrogen and oxygen atoms in total. The van der Waals surface area contributed by atoms with E-state index in [9.17, 15) is 9.59 Å². The Balaban J connectivity index is 2.46. The molecule has 1 aromatic rings. The molecule has 0 radical (unpaired) electrons. The van der Waals surface area contributed by atoms with Crippen LogP contribution in [0, 0.1) is 5.92 Å². The minimum absolute atomic E-state index is 0.0147. The van der Waals surface area contributed by atoms with Crippen molar-refractivity contribution in [2.24, 2.45) is 5.92 Å². The molecule has 1 aromatic heterocycles. The number of Topliss-reactive ketones (excluding diaryl/α,β-unsaturated/α-hetero) is 1. The quantitative estimate of drug-likeness (QED) is 0.563. The van der Waals surface area contributed by atoms with Crippen LogP contribution in [0.1, 0.15) is 37.0 Å². The number of aryl methyl sites for hydroxylation is 1. The minimum atomic E-state index is -0.198. The summed E-state index contributed by atoms with van der Waals surface area (Å²) >= 11 is 0. The zero-order valence-electron chi connectivity index (χ0n) is 10.6. The third kappa shape index (κ3) is 4.06. The molecule has 0 spiro atoms. The van der Waals surface area contributed by atoms with E-state index in [2.05, 4.69) is 4.74 Å². The largest absolute Gasteiger partial charge is 0.469 e. The lowest BCUT2D eigenvalue weighted by Gasteiger charge is -2.02. The zero-order chi connectivity index (χ0) is 12.8. The van der Waals surface area contributed by atoms with Gasteiger partial charge in [0.1, 0.15) is 0 Å². The minimum Gasteiger partial charge on any atom is -0.469 e. The maximum atomic E-state index is 11.7. The van der Waals surface area contributed by atoms with Gasteiger partial charge in [-0.2, -0.15) is 0 Å². The average Bonchev–Trinajstić information content (AvgIpc) is 2.76. The molecular formula is C13H19NO3. The summed E-state index contributed by atoms with van der Waals surface area (Å²) in [5.74, 6) is -0.0340. The second kappa shape index (κ2) is 6.23. The molecule has 0 aliphatic heterocycles. The Morgan fingerprint density at radius 1 is 1.41 bits per heavy atom. The van der Waals surface area contributed by atoms with Crippen LogP contribution in [0.25, 0.3) is 0 Å². The Hall–Kier alpha value is -1.58. The number of ether oxygens (including phenoxy) is 1. The first-order valence-corrected chi connectivity index (χ1v) is 5.81. The molecule has 94 valence electrons. The predicted octanol–water partition coefficient (Wildman–Crippen LogP) is 2.28. The molecule has 17 heavy (non-hydrogen) atoms. The van der Waals surface area contributed by atoms with Crippen molar-refractivity contribution in [3.05, 3.63) is 24.0 Å². The van der Waals surface area contributed by atoms with Crippen molar-refractivity contribution in [2.75, 3.05) is 7.11 Å². The molecule has 0 saturated carbocycles. The van der Waals surface area contributed by atoms with E-state index in [1.54, 1.807) is 0 Å². The van der Waals surface area contributed by atoms with Gasteiger partial charge in [-0.1, -0.05) is 13.8 Å². The Morgan fingerprint density at radius 3 is 2.71 bits per heavy atom. The number of aromatic nitrogens is 1. The molecule has 0 N–H and O–H groups in total. The molecule has 0 fully saturated rings. The first kappa shape index (κ1) is 13.5. The van der Waals surface area contributed by atoms with Crippen molar-refractivity contribution in [1.82, 2.24) is 4.57 Å². The Kier molecular flexibility index (Phi) is 4.94. The van der Waals surface area contributed by atoms with Crippen LogP contribution in [0.3, 0.4) is 0 Å². The molecule has 0 aliphatic rings. The fourth-order valence-corrected chi connectivity index (χ4v) is 1.57. The van der Waals surface area contributed by atoms with Crippen LogP contribution in [-0.2, 0) is 16.1 Å². The van der Waals surface area contributed by atoms with Gasteiger partial charge in [-0.3, -0.25) is 9.59 Å². The van der Waals surface area contributed by atoms with E-state index in [0.29, 0.717) is 6.42 Å². The number of carbonyl (C=O) groups excluding carboxylic acids is 2. The number of hydrogen-bond donors (Lipinski definition) is 0. The Labute approximate surface area is 102 Å². The Morgan fingerprint density at radius 2 is 2.12 bits per heavy atom. The van der Waals surface area contributed by atoms with Crippen LogP contribution in [-0.4, -0.2) is 23.4 Å². The monoisotopic (exact) mass is 237 g/mol. The highest BCUT2D eigenvalue weighted by Gasteiger charge is 2.11. The van der Waals surface area contributed by atoms with Gasteiger partial charge in [0.25, 0.3) is 0 Å². The number of rotatable bonds is 6. The van der Waals surface area contributed by atoms with Crippen LogP contribution in [0.5, 0.6) is 0 Å². The average molecular weight is 237 g/mol. The predicted molar refractivity (Wildman–Crippen MR) is 64.9 cm³/mol. The molecule has 0 saturated heterocycles. The maximum absolute atomic E-state index is 11.7. The van der Waals surface area contributed by atoms with Gasteiger partial charge in [-0.05, 0) is 12.5 Å². The van der Waals surface area contributed by atoms with E-state index >= 15 is 0 Å². The Bertz CT molecular complexity index is 393. The van der Waals surface area contributed by atoms with Crippen LogP contribution in [0.15, 0.2) is 18.5 Å². The highest BCUT2D eigenvalue weighted by molar-refractivity contribution is 5.97. The van der Waals surface area contributed by atoms with E-state index < -0.39 is 0 Å². The van der Waals surface area contributed by atoms with E-state index in [0.717, 1.165) is 18.5 Å². The summed E-state index contributed by atoms with van der Waals surface area (Å²) in [6.45, 7) is 4.49.